The Hall–Kier alpha value is -2.84. The van der Waals surface area contributed by atoms with Crippen molar-refractivity contribution in [1.29, 1.82) is 0 Å². The standard InChI is InChI=1S/C23H26N6OS/c1-2-5-22-21(4-1)25-23(31-22)30-20-10-8-18(9-11-20)12-15-28(16-19-6-7-19)13-3-14-29-17-24-26-27-29/h1-2,4-5,8-11,17,19H,3,6-7,12-16H2. The van der Waals surface area contributed by atoms with Crippen LogP contribution < -0.4 is 4.74 Å². The number of hydrogen-bond acceptors (Lipinski definition) is 7. The molecule has 1 aliphatic carbocycles. The molecular formula is C23H26N6OS. The number of benzene rings is 2. The number of hydrogen-bond donors (Lipinski definition) is 0. The first-order chi connectivity index (χ1) is 15.3. The number of aromatic nitrogens is 5. The quantitative estimate of drug-likeness (QED) is 0.348. The van der Waals surface area contributed by atoms with E-state index in [1.165, 1.54) is 24.9 Å². The fourth-order valence-corrected chi connectivity index (χ4v) is 4.54. The lowest BCUT2D eigenvalue weighted by Gasteiger charge is -2.22. The highest BCUT2D eigenvalue weighted by atomic mass is 32.1. The van der Waals surface area contributed by atoms with Crippen LogP contribution in [0.25, 0.3) is 10.2 Å². The molecule has 7 nitrogen and oxygen atoms in total. The van der Waals surface area contributed by atoms with Crippen LogP contribution in [-0.4, -0.2) is 49.7 Å². The van der Waals surface area contributed by atoms with Gasteiger partial charge in [-0.3, -0.25) is 0 Å². The molecule has 0 unspecified atom stereocenters. The number of fused-ring (bicyclic) bond motifs is 1. The molecule has 0 aliphatic heterocycles. The van der Waals surface area contributed by atoms with Gasteiger partial charge < -0.3 is 9.64 Å². The summed E-state index contributed by atoms with van der Waals surface area (Å²) >= 11 is 1.57. The third kappa shape index (κ3) is 5.65. The fraction of sp³-hybridized carbons (Fsp3) is 0.391. The van der Waals surface area contributed by atoms with Gasteiger partial charge in [-0.25, -0.2) is 9.67 Å². The second kappa shape index (κ2) is 9.53. The van der Waals surface area contributed by atoms with Crippen molar-refractivity contribution >= 4 is 21.6 Å². The number of para-hydroxylation sites is 1. The summed E-state index contributed by atoms with van der Waals surface area (Å²) < 4.78 is 8.92. The summed E-state index contributed by atoms with van der Waals surface area (Å²) in [7, 11) is 0. The number of aryl methyl sites for hydroxylation is 1. The third-order valence-electron chi connectivity index (χ3n) is 5.59. The molecule has 0 N–H and O–H groups in total. The van der Waals surface area contributed by atoms with Gasteiger partial charge in [0.2, 0.25) is 0 Å². The normalized spacial score (nSPS) is 13.8. The zero-order chi connectivity index (χ0) is 20.9. The van der Waals surface area contributed by atoms with Crippen molar-refractivity contribution in [3.8, 4) is 10.9 Å². The topological polar surface area (TPSA) is 69.0 Å². The van der Waals surface area contributed by atoms with Gasteiger partial charge in [-0.2, -0.15) is 0 Å². The van der Waals surface area contributed by atoms with Gasteiger partial charge in [0, 0.05) is 19.6 Å². The summed E-state index contributed by atoms with van der Waals surface area (Å²) in [4.78, 5) is 7.14. The Kier molecular flexibility index (Phi) is 6.18. The highest BCUT2D eigenvalue weighted by Crippen LogP contribution is 2.31. The number of rotatable bonds is 11. The highest BCUT2D eigenvalue weighted by Gasteiger charge is 2.24. The minimum absolute atomic E-state index is 0.687. The molecule has 0 amide bonds. The van der Waals surface area contributed by atoms with Crippen LogP contribution in [0.2, 0.25) is 0 Å². The van der Waals surface area contributed by atoms with Crippen LogP contribution >= 0.6 is 11.3 Å². The van der Waals surface area contributed by atoms with Crippen molar-refractivity contribution in [2.45, 2.75) is 32.2 Å². The van der Waals surface area contributed by atoms with Crippen molar-refractivity contribution in [3.05, 3.63) is 60.4 Å². The molecule has 2 aromatic heterocycles. The van der Waals surface area contributed by atoms with Crippen LogP contribution in [0, 0.1) is 5.92 Å². The molecule has 0 saturated heterocycles. The summed E-state index contributed by atoms with van der Waals surface area (Å²) in [6.45, 7) is 4.22. The van der Waals surface area contributed by atoms with Crippen molar-refractivity contribution < 1.29 is 4.74 Å². The molecule has 31 heavy (non-hydrogen) atoms. The average molecular weight is 435 g/mol. The van der Waals surface area contributed by atoms with E-state index in [9.17, 15) is 0 Å². The number of ether oxygens (including phenoxy) is 1. The Bertz CT molecular complexity index is 1060. The summed E-state index contributed by atoms with van der Waals surface area (Å²) in [5.74, 6) is 1.72. The van der Waals surface area contributed by atoms with Crippen LogP contribution in [0.1, 0.15) is 24.8 Å². The molecule has 5 rings (SSSR count). The zero-order valence-corrected chi connectivity index (χ0v) is 18.2. The number of nitrogens with zero attached hydrogens (tertiary/aromatic N) is 6. The van der Waals surface area contributed by atoms with E-state index in [1.54, 1.807) is 22.3 Å². The molecule has 0 spiro atoms. The maximum atomic E-state index is 5.97. The van der Waals surface area contributed by atoms with E-state index in [2.05, 4.69) is 43.6 Å². The molecule has 8 heteroatoms. The monoisotopic (exact) mass is 434 g/mol. The van der Waals surface area contributed by atoms with Gasteiger partial charge in [-0.05, 0) is 78.4 Å². The molecule has 1 saturated carbocycles. The Morgan fingerprint density at radius 1 is 1.06 bits per heavy atom. The molecule has 1 fully saturated rings. The van der Waals surface area contributed by atoms with E-state index < -0.39 is 0 Å². The first-order valence-electron chi connectivity index (χ1n) is 10.9. The molecule has 4 aromatic rings. The van der Waals surface area contributed by atoms with Gasteiger partial charge in [0.1, 0.15) is 12.1 Å². The SMILES string of the molecule is c1ccc2sc(Oc3ccc(CCN(CCCn4cnnn4)CC4CC4)cc3)nc2c1. The third-order valence-corrected chi connectivity index (χ3v) is 6.50. The Morgan fingerprint density at radius 3 is 2.71 bits per heavy atom. The first kappa shape index (κ1) is 20.1. The Labute approximate surface area is 185 Å². The van der Waals surface area contributed by atoms with Crippen LogP contribution in [0.4, 0.5) is 0 Å². The molecule has 0 atom stereocenters. The van der Waals surface area contributed by atoms with Gasteiger partial charge >= 0.3 is 0 Å². The predicted molar refractivity (Wildman–Crippen MR) is 121 cm³/mol. The van der Waals surface area contributed by atoms with Crippen molar-refractivity contribution in [1.82, 2.24) is 30.1 Å². The van der Waals surface area contributed by atoms with Gasteiger partial charge in [-0.1, -0.05) is 35.6 Å². The van der Waals surface area contributed by atoms with Crippen LogP contribution in [0.5, 0.6) is 10.9 Å². The number of thiazole rings is 1. The maximum Gasteiger partial charge on any atom is 0.279 e. The van der Waals surface area contributed by atoms with Gasteiger partial charge in [0.15, 0.2) is 0 Å². The minimum atomic E-state index is 0.687. The van der Waals surface area contributed by atoms with Gasteiger partial charge in [0.25, 0.3) is 5.19 Å². The van der Waals surface area contributed by atoms with Crippen LogP contribution in [-0.2, 0) is 13.0 Å². The second-order valence-electron chi connectivity index (χ2n) is 8.11. The molecule has 2 heterocycles. The van der Waals surface area contributed by atoms with Crippen LogP contribution in [0.3, 0.4) is 0 Å². The Morgan fingerprint density at radius 2 is 1.94 bits per heavy atom. The fourth-order valence-electron chi connectivity index (χ4n) is 3.71. The molecule has 1 aliphatic rings. The van der Waals surface area contributed by atoms with E-state index in [-0.39, 0.29) is 0 Å². The summed E-state index contributed by atoms with van der Waals surface area (Å²) in [5, 5.41) is 12.0. The summed E-state index contributed by atoms with van der Waals surface area (Å²) in [6.07, 6.45) is 6.54. The molecule has 2 aromatic carbocycles. The molecule has 160 valence electrons. The largest absolute Gasteiger partial charge is 0.431 e. The average Bonchev–Trinajstić information content (AvgIpc) is 3.28. The molecular weight excluding hydrogens is 408 g/mol. The Balaban J connectivity index is 1.13. The second-order valence-corrected chi connectivity index (χ2v) is 9.11. The van der Waals surface area contributed by atoms with E-state index >= 15 is 0 Å². The van der Waals surface area contributed by atoms with E-state index in [0.29, 0.717) is 5.19 Å². The summed E-state index contributed by atoms with van der Waals surface area (Å²) in [6, 6.07) is 16.5. The predicted octanol–water partition coefficient (Wildman–Crippen LogP) is 4.42. The van der Waals surface area contributed by atoms with E-state index in [4.69, 9.17) is 4.74 Å². The highest BCUT2D eigenvalue weighted by molar-refractivity contribution is 7.20. The van der Waals surface area contributed by atoms with E-state index in [0.717, 1.165) is 54.4 Å². The van der Waals surface area contributed by atoms with Crippen molar-refractivity contribution in [2.75, 3.05) is 19.6 Å². The van der Waals surface area contributed by atoms with Crippen LogP contribution in [0.15, 0.2) is 54.9 Å². The lowest BCUT2D eigenvalue weighted by molar-refractivity contribution is 0.256. The smallest absolute Gasteiger partial charge is 0.279 e. The molecule has 0 radical (unpaired) electrons. The number of tetrazole rings is 1. The van der Waals surface area contributed by atoms with Gasteiger partial charge in [-0.15, -0.1) is 5.10 Å². The summed E-state index contributed by atoms with van der Waals surface area (Å²) in [5.41, 5.74) is 2.31. The van der Waals surface area contributed by atoms with Crippen molar-refractivity contribution in [2.24, 2.45) is 5.92 Å². The van der Waals surface area contributed by atoms with Gasteiger partial charge in [0.05, 0.1) is 10.2 Å². The maximum absolute atomic E-state index is 5.97. The lowest BCUT2D eigenvalue weighted by Crippen LogP contribution is -2.30. The lowest BCUT2D eigenvalue weighted by atomic mass is 10.1. The first-order valence-corrected chi connectivity index (χ1v) is 11.7. The zero-order valence-electron chi connectivity index (χ0n) is 17.4. The van der Waals surface area contributed by atoms with E-state index in [1.807, 2.05) is 30.3 Å². The minimum Gasteiger partial charge on any atom is -0.431 e. The molecule has 0 bridgehead atoms. The van der Waals surface area contributed by atoms with Crippen molar-refractivity contribution in [3.63, 3.8) is 0 Å².